The zero-order valence-electron chi connectivity index (χ0n) is 18.0. The molecule has 6 heteroatoms. The van der Waals surface area contributed by atoms with E-state index in [1.165, 1.54) is 88.8 Å². The molecule has 0 aromatic heterocycles. The van der Waals surface area contributed by atoms with Gasteiger partial charge < -0.3 is 4.74 Å². The standard InChI is InChI=1S/C23H39NO4S/c1-2-3-4-5-6-7-8-9-10-11-12-13-14-17-20-28-23(25)21-18-15-16-19-22(21)29(24,26)27/h15-16,18-19H,2-14,17,20H2,1H3,(H2,24,26,27). The highest BCUT2D eigenvalue weighted by molar-refractivity contribution is 7.89. The number of hydrogen-bond donors (Lipinski definition) is 1. The van der Waals surface area contributed by atoms with Crippen molar-refractivity contribution >= 4 is 16.0 Å². The van der Waals surface area contributed by atoms with Crippen molar-refractivity contribution in [3.8, 4) is 0 Å². The maximum Gasteiger partial charge on any atom is 0.339 e. The summed E-state index contributed by atoms with van der Waals surface area (Å²) in [6, 6.07) is 5.87. The van der Waals surface area contributed by atoms with Gasteiger partial charge in [-0.1, -0.05) is 103 Å². The number of rotatable bonds is 17. The van der Waals surface area contributed by atoms with Crippen LogP contribution in [0.25, 0.3) is 0 Å². The summed E-state index contributed by atoms with van der Waals surface area (Å²) in [5.74, 6) is -0.635. The predicted octanol–water partition coefficient (Wildman–Crippen LogP) is 5.97. The normalized spacial score (nSPS) is 11.5. The van der Waals surface area contributed by atoms with Gasteiger partial charge in [0.2, 0.25) is 10.0 Å². The fourth-order valence-corrected chi connectivity index (χ4v) is 4.15. The summed E-state index contributed by atoms with van der Waals surface area (Å²) < 4.78 is 28.3. The first-order valence-electron chi connectivity index (χ1n) is 11.3. The molecule has 0 heterocycles. The van der Waals surface area contributed by atoms with Crippen LogP contribution in [0.5, 0.6) is 0 Å². The lowest BCUT2D eigenvalue weighted by molar-refractivity contribution is 0.0493. The van der Waals surface area contributed by atoms with Crippen LogP contribution in [-0.2, 0) is 14.8 Å². The van der Waals surface area contributed by atoms with Gasteiger partial charge in [0.1, 0.15) is 0 Å². The zero-order chi connectivity index (χ0) is 21.4. The van der Waals surface area contributed by atoms with Crippen molar-refractivity contribution in [3.05, 3.63) is 29.8 Å². The fraction of sp³-hybridized carbons (Fsp3) is 0.696. The average Bonchev–Trinajstić information content (AvgIpc) is 2.70. The highest BCUT2D eigenvalue weighted by atomic mass is 32.2. The highest BCUT2D eigenvalue weighted by Crippen LogP contribution is 2.16. The molecule has 0 spiro atoms. The number of ether oxygens (including phenoxy) is 1. The third-order valence-corrected chi connectivity index (χ3v) is 6.11. The molecule has 0 radical (unpaired) electrons. The number of hydrogen-bond acceptors (Lipinski definition) is 4. The number of sulfonamides is 1. The highest BCUT2D eigenvalue weighted by Gasteiger charge is 2.19. The van der Waals surface area contributed by atoms with Crippen molar-refractivity contribution in [2.75, 3.05) is 6.61 Å². The Labute approximate surface area is 177 Å². The molecule has 1 rings (SSSR count). The molecule has 0 fully saturated rings. The lowest BCUT2D eigenvalue weighted by Gasteiger charge is -2.08. The first kappa shape index (κ1) is 25.6. The molecule has 0 unspecified atom stereocenters. The van der Waals surface area contributed by atoms with Crippen LogP contribution in [0.4, 0.5) is 0 Å². The van der Waals surface area contributed by atoms with E-state index in [0.29, 0.717) is 6.61 Å². The minimum Gasteiger partial charge on any atom is -0.462 e. The minimum atomic E-state index is -3.94. The predicted molar refractivity (Wildman–Crippen MR) is 118 cm³/mol. The number of esters is 1. The summed E-state index contributed by atoms with van der Waals surface area (Å²) >= 11 is 0. The second kappa shape index (κ2) is 15.4. The van der Waals surface area contributed by atoms with E-state index in [0.717, 1.165) is 19.3 Å². The van der Waals surface area contributed by atoms with E-state index in [2.05, 4.69) is 6.92 Å². The Bertz CT molecular complexity index is 673. The Morgan fingerprint density at radius 2 is 1.24 bits per heavy atom. The second-order valence-corrected chi connectivity index (χ2v) is 9.30. The van der Waals surface area contributed by atoms with Crippen molar-refractivity contribution in [1.82, 2.24) is 0 Å². The molecule has 0 aliphatic rings. The molecule has 0 saturated carbocycles. The topological polar surface area (TPSA) is 86.5 Å². The molecule has 0 amide bonds. The first-order chi connectivity index (χ1) is 14.0. The monoisotopic (exact) mass is 425 g/mol. The van der Waals surface area contributed by atoms with Gasteiger partial charge in [-0.15, -0.1) is 0 Å². The largest absolute Gasteiger partial charge is 0.462 e. The molecule has 166 valence electrons. The molecule has 1 aromatic carbocycles. The molecule has 0 atom stereocenters. The zero-order valence-corrected chi connectivity index (χ0v) is 18.9. The second-order valence-electron chi connectivity index (χ2n) is 7.77. The van der Waals surface area contributed by atoms with Crippen LogP contribution in [0.3, 0.4) is 0 Å². The maximum absolute atomic E-state index is 12.1. The fourth-order valence-electron chi connectivity index (χ4n) is 3.42. The summed E-state index contributed by atoms with van der Waals surface area (Å²) in [5.41, 5.74) is 0.000337. The lowest BCUT2D eigenvalue weighted by Crippen LogP contribution is -2.18. The Morgan fingerprint density at radius 3 is 1.72 bits per heavy atom. The summed E-state index contributed by atoms with van der Waals surface area (Å²) in [7, 11) is -3.94. The Balaban J connectivity index is 2.01. The summed E-state index contributed by atoms with van der Waals surface area (Å²) in [5, 5.41) is 5.15. The van der Waals surface area contributed by atoms with Gasteiger partial charge in [-0.3, -0.25) is 0 Å². The van der Waals surface area contributed by atoms with E-state index < -0.39 is 16.0 Å². The van der Waals surface area contributed by atoms with E-state index in [1.807, 2.05) is 0 Å². The van der Waals surface area contributed by atoms with Crippen LogP contribution >= 0.6 is 0 Å². The summed E-state index contributed by atoms with van der Waals surface area (Å²) in [6.07, 6.45) is 17.7. The Kier molecular flexibility index (Phi) is 13.7. The molecule has 1 aromatic rings. The number of nitrogens with two attached hydrogens (primary N) is 1. The van der Waals surface area contributed by atoms with Crippen molar-refractivity contribution in [1.29, 1.82) is 0 Å². The van der Waals surface area contributed by atoms with E-state index in [1.54, 1.807) is 6.07 Å². The number of unbranched alkanes of at least 4 members (excludes halogenated alkanes) is 13. The molecule has 0 aliphatic carbocycles. The Morgan fingerprint density at radius 1 is 0.793 bits per heavy atom. The maximum atomic E-state index is 12.1. The summed E-state index contributed by atoms with van der Waals surface area (Å²) in [4.78, 5) is 11.9. The van der Waals surface area contributed by atoms with E-state index in [-0.39, 0.29) is 10.5 Å². The van der Waals surface area contributed by atoms with Gasteiger partial charge in [0.25, 0.3) is 0 Å². The molecule has 2 N–H and O–H groups in total. The van der Waals surface area contributed by atoms with Gasteiger partial charge >= 0.3 is 5.97 Å². The summed E-state index contributed by atoms with van der Waals surface area (Å²) in [6.45, 7) is 2.55. The third-order valence-electron chi connectivity index (χ3n) is 5.14. The molecule has 29 heavy (non-hydrogen) atoms. The smallest absolute Gasteiger partial charge is 0.339 e. The Hall–Kier alpha value is -1.40. The number of primary sulfonamides is 1. The van der Waals surface area contributed by atoms with Crippen LogP contribution in [0, 0.1) is 0 Å². The molecular weight excluding hydrogens is 386 g/mol. The van der Waals surface area contributed by atoms with Crippen molar-refractivity contribution < 1.29 is 17.9 Å². The van der Waals surface area contributed by atoms with Gasteiger partial charge in [-0.25, -0.2) is 18.4 Å². The van der Waals surface area contributed by atoms with Crippen molar-refractivity contribution in [3.63, 3.8) is 0 Å². The van der Waals surface area contributed by atoms with Gasteiger partial charge in [0, 0.05) is 0 Å². The van der Waals surface area contributed by atoms with E-state index in [4.69, 9.17) is 9.88 Å². The quantitative estimate of drug-likeness (QED) is 0.246. The van der Waals surface area contributed by atoms with Gasteiger partial charge in [0.05, 0.1) is 17.1 Å². The van der Waals surface area contributed by atoms with E-state index >= 15 is 0 Å². The SMILES string of the molecule is CCCCCCCCCCCCCCCCOC(=O)c1ccccc1S(N)(=O)=O. The van der Waals surface area contributed by atoms with Gasteiger partial charge in [-0.05, 0) is 18.6 Å². The van der Waals surface area contributed by atoms with Crippen LogP contribution < -0.4 is 5.14 Å². The number of carbonyl (C=O) groups is 1. The van der Waals surface area contributed by atoms with Crippen molar-refractivity contribution in [2.45, 2.75) is 102 Å². The number of carbonyl (C=O) groups excluding carboxylic acids is 1. The molecule has 0 bridgehead atoms. The number of benzene rings is 1. The molecule has 0 aliphatic heterocycles. The lowest BCUT2D eigenvalue weighted by atomic mass is 10.0. The molecule has 5 nitrogen and oxygen atoms in total. The first-order valence-corrected chi connectivity index (χ1v) is 12.8. The molecular formula is C23H39NO4S. The van der Waals surface area contributed by atoms with Crippen LogP contribution in [-0.4, -0.2) is 21.0 Å². The molecule has 0 saturated heterocycles. The average molecular weight is 426 g/mol. The van der Waals surface area contributed by atoms with Gasteiger partial charge in [0.15, 0.2) is 0 Å². The minimum absolute atomic E-state index is 0.000337. The third kappa shape index (κ3) is 12.0. The van der Waals surface area contributed by atoms with Crippen LogP contribution in [0.15, 0.2) is 29.2 Å². The van der Waals surface area contributed by atoms with Crippen molar-refractivity contribution in [2.24, 2.45) is 5.14 Å². The van der Waals surface area contributed by atoms with Crippen LogP contribution in [0.1, 0.15) is 107 Å². The van der Waals surface area contributed by atoms with Gasteiger partial charge in [-0.2, -0.15) is 0 Å². The van der Waals surface area contributed by atoms with E-state index in [9.17, 15) is 13.2 Å². The van der Waals surface area contributed by atoms with Crippen LogP contribution in [0.2, 0.25) is 0 Å².